The van der Waals surface area contributed by atoms with Crippen LogP contribution in [0.3, 0.4) is 0 Å². The summed E-state index contributed by atoms with van der Waals surface area (Å²) in [7, 11) is 0. The van der Waals surface area contributed by atoms with Crippen LogP contribution in [0.1, 0.15) is 19.3 Å². The molecule has 0 radical (unpaired) electrons. The predicted molar refractivity (Wildman–Crippen MR) is 86.1 cm³/mol. The maximum atomic E-state index is 9.14. The minimum atomic E-state index is 0.285. The summed E-state index contributed by atoms with van der Waals surface area (Å²) in [6.07, 6.45) is 5.17. The molecule has 1 N–H and O–H groups in total. The first-order valence-corrected chi connectivity index (χ1v) is 7.98. The number of halogens is 1. The van der Waals surface area contributed by atoms with Crippen molar-refractivity contribution in [3.8, 4) is 0 Å². The van der Waals surface area contributed by atoms with Gasteiger partial charge in [-0.3, -0.25) is 0 Å². The Bertz CT molecular complexity index is 600. The van der Waals surface area contributed by atoms with Gasteiger partial charge in [0.2, 0.25) is 0 Å². The summed E-state index contributed by atoms with van der Waals surface area (Å²) in [5, 5.41) is 11.6. The van der Waals surface area contributed by atoms with Gasteiger partial charge in [-0.05, 0) is 37.3 Å². The van der Waals surface area contributed by atoms with E-state index in [4.69, 9.17) is 5.11 Å². The molecule has 0 spiro atoms. The van der Waals surface area contributed by atoms with E-state index in [1.54, 1.807) is 0 Å². The van der Waals surface area contributed by atoms with Crippen molar-refractivity contribution in [2.45, 2.75) is 19.3 Å². The Kier molecular flexibility index (Phi) is 4.22. The number of rotatable bonds is 3. The molecule has 106 valence electrons. The number of aliphatic hydroxyl groups excluding tert-OH is 1. The first-order valence-electron chi connectivity index (χ1n) is 7.18. The lowest BCUT2D eigenvalue weighted by atomic mass is 9.95. The normalized spacial score (nSPS) is 19.5. The van der Waals surface area contributed by atoms with E-state index < -0.39 is 0 Å². The molecular weight excluding hydrogens is 316 g/mol. The quantitative estimate of drug-likeness (QED) is 0.931. The molecule has 0 aliphatic carbocycles. The molecule has 20 heavy (non-hydrogen) atoms. The van der Waals surface area contributed by atoms with Gasteiger partial charge in [-0.25, -0.2) is 4.98 Å². The molecule has 0 saturated carbocycles. The minimum Gasteiger partial charge on any atom is -0.396 e. The van der Waals surface area contributed by atoms with Gasteiger partial charge in [0, 0.05) is 41.1 Å². The van der Waals surface area contributed by atoms with Crippen LogP contribution in [-0.2, 0) is 0 Å². The predicted octanol–water partition coefficient (Wildman–Crippen LogP) is 3.60. The summed E-state index contributed by atoms with van der Waals surface area (Å²) < 4.78 is 1.11. The lowest BCUT2D eigenvalue weighted by molar-refractivity contribution is 0.244. The highest BCUT2D eigenvalue weighted by Gasteiger charge is 2.21. The van der Waals surface area contributed by atoms with Crippen LogP contribution in [0.2, 0.25) is 0 Å². The van der Waals surface area contributed by atoms with E-state index in [2.05, 4.69) is 50.1 Å². The number of nitrogens with zero attached hydrogens (tertiary/aromatic N) is 2. The second-order valence-electron chi connectivity index (χ2n) is 5.44. The summed E-state index contributed by atoms with van der Waals surface area (Å²) in [6, 6.07) is 8.32. The zero-order chi connectivity index (χ0) is 13.9. The number of benzene rings is 1. The van der Waals surface area contributed by atoms with Crippen molar-refractivity contribution in [2.75, 3.05) is 24.6 Å². The highest BCUT2D eigenvalue weighted by molar-refractivity contribution is 9.10. The average Bonchev–Trinajstić information content (AvgIpc) is 2.48. The molecule has 1 fully saturated rings. The van der Waals surface area contributed by atoms with E-state index in [1.807, 2.05) is 6.20 Å². The number of anilines is 1. The van der Waals surface area contributed by atoms with Crippen molar-refractivity contribution in [3.05, 3.63) is 34.9 Å². The minimum absolute atomic E-state index is 0.285. The fraction of sp³-hybridized carbons (Fsp3) is 0.438. The van der Waals surface area contributed by atoms with Gasteiger partial charge in [0.15, 0.2) is 0 Å². The molecule has 0 bridgehead atoms. The largest absolute Gasteiger partial charge is 0.396 e. The standard InChI is InChI=1S/C16H19BrN2O/c17-15-5-1-4-14-13(15)6-8-18-16(14)19-9-2-3-12(11-19)7-10-20/h1,4-6,8,12,20H,2-3,7,9-11H2. The number of hydrogen-bond acceptors (Lipinski definition) is 3. The van der Waals surface area contributed by atoms with Crippen molar-refractivity contribution in [3.63, 3.8) is 0 Å². The lowest BCUT2D eigenvalue weighted by Gasteiger charge is -2.34. The van der Waals surface area contributed by atoms with Crippen LogP contribution in [0, 0.1) is 5.92 Å². The summed E-state index contributed by atoms with van der Waals surface area (Å²) >= 11 is 3.61. The third kappa shape index (κ3) is 2.67. The second-order valence-corrected chi connectivity index (χ2v) is 6.29. The zero-order valence-electron chi connectivity index (χ0n) is 11.4. The fourth-order valence-corrected chi connectivity index (χ4v) is 3.58. The van der Waals surface area contributed by atoms with Gasteiger partial charge >= 0.3 is 0 Å². The number of pyridine rings is 1. The number of hydrogen-bond donors (Lipinski definition) is 1. The van der Waals surface area contributed by atoms with Crippen molar-refractivity contribution in [1.29, 1.82) is 0 Å². The molecule has 1 unspecified atom stereocenters. The highest BCUT2D eigenvalue weighted by atomic mass is 79.9. The Hall–Kier alpha value is -1.13. The van der Waals surface area contributed by atoms with E-state index >= 15 is 0 Å². The molecule has 3 nitrogen and oxygen atoms in total. The summed E-state index contributed by atoms with van der Waals surface area (Å²) in [5.74, 6) is 1.66. The molecular formula is C16H19BrN2O. The van der Waals surface area contributed by atoms with Gasteiger partial charge in [0.05, 0.1) is 0 Å². The third-order valence-electron chi connectivity index (χ3n) is 4.09. The number of piperidine rings is 1. The maximum Gasteiger partial charge on any atom is 0.136 e. The van der Waals surface area contributed by atoms with E-state index in [9.17, 15) is 0 Å². The van der Waals surface area contributed by atoms with Gasteiger partial charge < -0.3 is 10.0 Å². The van der Waals surface area contributed by atoms with Crippen LogP contribution in [0.25, 0.3) is 10.8 Å². The molecule has 0 amide bonds. The summed E-state index contributed by atoms with van der Waals surface area (Å²) in [4.78, 5) is 6.98. The van der Waals surface area contributed by atoms with Crippen LogP contribution in [0.5, 0.6) is 0 Å². The second kappa shape index (κ2) is 6.10. The molecule has 4 heteroatoms. The van der Waals surface area contributed by atoms with Crippen molar-refractivity contribution in [1.82, 2.24) is 4.98 Å². The van der Waals surface area contributed by atoms with Crippen LogP contribution in [0.15, 0.2) is 34.9 Å². The van der Waals surface area contributed by atoms with E-state index in [-0.39, 0.29) is 6.61 Å². The lowest BCUT2D eigenvalue weighted by Crippen LogP contribution is -2.36. The topological polar surface area (TPSA) is 36.4 Å². The SMILES string of the molecule is OCCC1CCCN(c2nccc3c(Br)cccc23)C1. The average molecular weight is 335 g/mol. The zero-order valence-corrected chi connectivity index (χ0v) is 13.0. The first kappa shape index (κ1) is 13.8. The molecule has 1 aliphatic heterocycles. The Balaban J connectivity index is 1.95. The molecule has 1 aliphatic rings. The number of fused-ring (bicyclic) bond motifs is 1. The fourth-order valence-electron chi connectivity index (χ4n) is 3.08. The van der Waals surface area contributed by atoms with Gasteiger partial charge in [-0.1, -0.05) is 28.1 Å². The van der Waals surface area contributed by atoms with Gasteiger partial charge in [0.1, 0.15) is 5.82 Å². The smallest absolute Gasteiger partial charge is 0.136 e. The van der Waals surface area contributed by atoms with E-state index in [1.165, 1.54) is 23.6 Å². The molecule has 1 aromatic carbocycles. The van der Waals surface area contributed by atoms with E-state index in [0.717, 1.165) is 29.8 Å². The number of aromatic nitrogens is 1. The van der Waals surface area contributed by atoms with Gasteiger partial charge in [0.25, 0.3) is 0 Å². The van der Waals surface area contributed by atoms with Crippen LogP contribution in [-0.4, -0.2) is 29.8 Å². The molecule has 1 saturated heterocycles. The molecule has 1 aromatic heterocycles. The third-order valence-corrected chi connectivity index (χ3v) is 4.78. The summed E-state index contributed by atoms with van der Waals surface area (Å²) in [6.45, 7) is 2.34. The highest BCUT2D eigenvalue weighted by Crippen LogP contribution is 2.32. The Labute approximate surface area is 127 Å². The van der Waals surface area contributed by atoms with Crippen molar-refractivity contribution < 1.29 is 5.11 Å². The Morgan fingerprint density at radius 1 is 1.30 bits per heavy atom. The monoisotopic (exact) mass is 334 g/mol. The van der Waals surface area contributed by atoms with Crippen molar-refractivity contribution >= 4 is 32.5 Å². The Morgan fingerprint density at radius 2 is 2.20 bits per heavy atom. The van der Waals surface area contributed by atoms with Gasteiger partial charge in [-0.2, -0.15) is 0 Å². The summed E-state index contributed by atoms with van der Waals surface area (Å²) in [5.41, 5.74) is 0. The maximum absolute atomic E-state index is 9.14. The Morgan fingerprint density at radius 3 is 3.05 bits per heavy atom. The van der Waals surface area contributed by atoms with Crippen LogP contribution < -0.4 is 4.90 Å². The molecule has 2 heterocycles. The van der Waals surface area contributed by atoms with Crippen molar-refractivity contribution in [2.24, 2.45) is 5.92 Å². The van der Waals surface area contributed by atoms with Gasteiger partial charge in [-0.15, -0.1) is 0 Å². The van der Waals surface area contributed by atoms with E-state index in [0.29, 0.717) is 5.92 Å². The molecule has 1 atom stereocenters. The first-order chi connectivity index (χ1) is 9.79. The molecule has 3 rings (SSSR count). The van der Waals surface area contributed by atoms with Crippen LogP contribution in [0.4, 0.5) is 5.82 Å². The number of aliphatic hydroxyl groups is 1. The molecule has 2 aromatic rings. The van der Waals surface area contributed by atoms with Crippen LogP contribution >= 0.6 is 15.9 Å².